The first-order valence-electron chi connectivity index (χ1n) is 5.88. The van der Waals surface area contributed by atoms with Crippen molar-refractivity contribution in [2.24, 2.45) is 0 Å². The van der Waals surface area contributed by atoms with E-state index in [1.54, 1.807) is 10.9 Å². The third kappa shape index (κ3) is 3.16. The topological polar surface area (TPSA) is 68.5 Å². The largest absolute Gasteiger partial charge is 0.368 e. The van der Waals surface area contributed by atoms with Crippen molar-refractivity contribution in [3.8, 4) is 0 Å². The summed E-state index contributed by atoms with van der Waals surface area (Å²) in [5.41, 5.74) is 0.972. The summed E-state index contributed by atoms with van der Waals surface area (Å²) in [7, 11) is 0. The molecule has 18 heavy (non-hydrogen) atoms. The van der Waals surface area contributed by atoms with E-state index in [1.807, 2.05) is 6.20 Å². The molecular formula is C11H15ClN6. The fourth-order valence-electron chi connectivity index (χ4n) is 1.66. The molecule has 0 spiro atoms. The molecule has 0 saturated heterocycles. The molecule has 0 fully saturated rings. The van der Waals surface area contributed by atoms with Crippen LogP contribution in [0.15, 0.2) is 18.7 Å². The molecule has 6 nitrogen and oxygen atoms in total. The molecule has 0 aliphatic heterocycles. The van der Waals surface area contributed by atoms with Crippen LogP contribution in [-0.4, -0.2) is 31.5 Å². The van der Waals surface area contributed by atoms with Crippen molar-refractivity contribution in [3.05, 3.63) is 29.4 Å². The first kappa shape index (κ1) is 12.8. The van der Waals surface area contributed by atoms with Crippen LogP contribution in [0.4, 0.5) is 5.82 Å². The number of anilines is 1. The number of halogens is 1. The number of hydrogen-bond acceptors (Lipinski definition) is 5. The Morgan fingerprint density at radius 1 is 1.39 bits per heavy atom. The molecule has 2 aromatic heterocycles. The molecule has 0 aliphatic rings. The van der Waals surface area contributed by atoms with Crippen LogP contribution in [0.25, 0.3) is 0 Å². The van der Waals surface area contributed by atoms with E-state index in [1.165, 1.54) is 6.33 Å². The fourth-order valence-corrected chi connectivity index (χ4v) is 1.88. The van der Waals surface area contributed by atoms with Crippen LogP contribution >= 0.6 is 11.6 Å². The van der Waals surface area contributed by atoms with Gasteiger partial charge in [0.1, 0.15) is 17.3 Å². The van der Waals surface area contributed by atoms with Gasteiger partial charge in [0.15, 0.2) is 0 Å². The van der Waals surface area contributed by atoms with Crippen molar-refractivity contribution in [2.75, 3.05) is 11.9 Å². The molecule has 96 valence electrons. The molecule has 2 aromatic rings. The Morgan fingerprint density at radius 2 is 2.28 bits per heavy atom. The van der Waals surface area contributed by atoms with Gasteiger partial charge in [0.05, 0.1) is 12.7 Å². The van der Waals surface area contributed by atoms with E-state index in [0.29, 0.717) is 11.7 Å². The van der Waals surface area contributed by atoms with Gasteiger partial charge >= 0.3 is 0 Å². The molecular weight excluding hydrogens is 252 g/mol. The van der Waals surface area contributed by atoms with Gasteiger partial charge < -0.3 is 5.32 Å². The van der Waals surface area contributed by atoms with Gasteiger partial charge in [-0.1, -0.05) is 30.2 Å². The minimum absolute atomic E-state index is 0.523. The highest BCUT2D eigenvalue weighted by Gasteiger charge is 2.08. The van der Waals surface area contributed by atoms with Crippen LogP contribution in [-0.2, 0) is 13.0 Å². The van der Waals surface area contributed by atoms with Gasteiger partial charge in [0.25, 0.3) is 0 Å². The van der Waals surface area contributed by atoms with Crippen molar-refractivity contribution in [1.82, 2.24) is 25.0 Å². The van der Waals surface area contributed by atoms with E-state index < -0.39 is 0 Å². The van der Waals surface area contributed by atoms with Crippen molar-refractivity contribution in [1.29, 1.82) is 0 Å². The predicted molar refractivity (Wildman–Crippen MR) is 69.5 cm³/mol. The summed E-state index contributed by atoms with van der Waals surface area (Å²) in [6.07, 6.45) is 6.82. The Labute approximate surface area is 110 Å². The smallest absolute Gasteiger partial charge is 0.137 e. The van der Waals surface area contributed by atoms with Gasteiger partial charge in [-0.3, -0.25) is 4.68 Å². The van der Waals surface area contributed by atoms with Gasteiger partial charge in [-0.25, -0.2) is 9.97 Å². The monoisotopic (exact) mass is 266 g/mol. The molecule has 0 unspecified atom stereocenters. The van der Waals surface area contributed by atoms with Crippen LogP contribution in [0.1, 0.15) is 18.9 Å². The summed E-state index contributed by atoms with van der Waals surface area (Å²) < 4.78 is 1.76. The molecule has 0 aromatic carbocycles. The molecule has 2 heterocycles. The Kier molecular flexibility index (Phi) is 4.46. The molecule has 0 amide bonds. The van der Waals surface area contributed by atoms with E-state index in [4.69, 9.17) is 11.6 Å². The minimum Gasteiger partial charge on any atom is -0.368 e. The lowest BCUT2D eigenvalue weighted by atomic mass is 10.2. The van der Waals surface area contributed by atoms with Gasteiger partial charge in [-0.05, 0) is 6.42 Å². The van der Waals surface area contributed by atoms with Crippen LogP contribution in [0, 0.1) is 0 Å². The highest BCUT2D eigenvalue weighted by atomic mass is 35.5. The predicted octanol–water partition coefficient (Wildman–Crippen LogP) is 1.79. The van der Waals surface area contributed by atoms with Crippen molar-refractivity contribution < 1.29 is 0 Å². The van der Waals surface area contributed by atoms with Crippen molar-refractivity contribution in [2.45, 2.75) is 26.3 Å². The molecule has 0 atom stereocenters. The zero-order chi connectivity index (χ0) is 12.8. The number of hydrogen-bond donors (Lipinski definition) is 1. The molecule has 0 radical (unpaired) electrons. The second-order valence-electron chi connectivity index (χ2n) is 3.83. The van der Waals surface area contributed by atoms with Crippen LogP contribution in [0.3, 0.4) is 0 Å². The third-order valence-corrected chi connectivity index (χ3v) is 2.82. The van der Waals surface area contributed by atoms with E-state index >= 15 is 0 Å². The minimum atomic E-state index is 0.523. The Balaban J connectivity index is 1.98. The fraction of sp³-hybridized carbons (Fsp3) is 0.455. The van der Waals surface area contributed by atoms with Gasteiger partial charge in [-0.2, -0.15) is 0 Å². The quantitative estimate of drug-likeness (QED) is 0.808. The average Bonchev–Trinajstić information content (AvgIpc) is 2.86. The zero-order valence-electron chi connectivity index (χ0n) is 10.2. The third-order valence-electron chi connectivity index (χ3n) is 2.50. The highest BCUT2D eigenvalue weighted by molar-refractivity contribution is 6.30. The number of nitrogens with zero attached hydrogens (tertiary/aromatic N) is 5. The maximum atomic E-state index is 6.07. The zero-order valence-corrected chi connectivity index (χ0v) is 10.9. The summed E-state index contributed by atoms with van der Waals surface area (Å²) in [5.74, 6) is 0.803. The maximum Gasteiger partial charge on any atom is 0.137 e. The summed E-state index contributed by atoms with van der Waals surface area (Å²) in [5, 5.41) is 11.4. The molecule has 0 bridgehead atoms. The number of aromatic nitrogens is 5. The lowest BCUT2D eigenvalue weighted by Gasteiger charge is -2.10. The SMILES string of the molecule is CCCc1c(Cl)ncnc1NCCn1ccnn1. The van der Waals surface area contributed by atoms with E-state index in [0.717, 1.165) is 30.8 Å². The van der Waals surface area contributed by atoms with Crippen LogP contribution in [0.5, 0.6) is 0 Å². The summed E-state index contributed by atoms with van der Waals surface area (Å²) in [6.45, 7) is 3.54. The summed E-state index contributed by atoms with van der Waals surface area (Å²) >= 11 is 6.07. The standard InChI is InChI=1S/C11H15ClN6/c1-2-3-9-10(12)14-8-15-11(9)13-4-6-18-7-5-16-17-18/h5,7-8H,2-4,6H2,1H3,(H,13,14,15). The van der Waals surface area contributed by atoms with Gasteiger partial charge in [0, 0.05) is 18.3 Å². The first-order chi connectivity index (χ1) is 8.81. The molecule has 0 aliphatic carbocycles. The number of nitrogens with one attached hydrogen (secondary N) is 1. The molecule has 1 N–H and O–H groups in total. The maximum absolute atomic E-state index is 6.07. The average molecular weight is 267 g/mol. The van der Waals surface area contributed by atoms with Gasteiger partial charge in [-0.15, -0.1) is 5.10 Å². The number of rotatable bonds is 6. The van der Waals surface area contributed by atoms with E-state index in [2.05, 4.69) is 32.5 Å². The van der Waals surface area contributed by atoms with E-state index in [9.17, 15) is 0 Å². The Bertz CT molecular complexity index is 484. The highest BCUT2D eigenvalue weighted by Crippen LogP contribution is 2.21. The summed E-state index contributed by atoms with van der Waals surface area (Å²) in [4.78, 5) is 8.23. The van der Waals surface area contributed by atoms with E-state index in [-0.39, 0.29) is 0 Å². The van der Waals surface area contributed by atoms with Crippen LogP contribution in [0.2, 0.25) is 5.15 Å². The van der Waals surface area contributed by atoms with Gasteiger partial charge in [0.2, 0.25) is 0 Å². The molecule has 2 rings (SSSR count). The summed E-state index contributed by atoms with van der Waals surface area (Å²) in [6, 6.07) is 0. The normalized spacial score (nSPS) is 10.6. The Morgan fingerprint density at radius 3 is 3.00 bits per heavy atom. The first-order valence-corrected chi connectivity index (χ1v) is 6.26. The lowest BCUT2D eigenvalue weighted by molar-refractivity contribution is 0.608. The van der Waals surface area contributed by atoms with Crippen molar-refractivity contribution >= 4 is 17.4 Å². The van der Waals surface area contributed by atoms with Crippen molar-refractivity contribution in [3.63, 3.8) is 0 Å². The second kappa shape index (κ2) is 6.30. The molecule has 7 heteroatoms. The molecule has 0 saturated carbocycles. The van der Waals surface area contributed by atoms with Crippen LogP contribution < -0.4 is 5.32 Å². The lowest BCUT2D eigenvalue weighted by Crippen LogP contribution is -2.13. The Hall–Kier alpha value is -1.69. The second-order valence-corrected chi connectivity index (χ2v) is 4.19.